The summed E-state index contributed by atoms with van der Waals surface area (Å²) >= 11 is 0. The molecule has 0 bridgehead atoms. The van der Waals surface area contributed by atoms with Gasteiger partial charge in [0.05, 0.1) is 5.52 Å². The summed E-state index contributed by atoms with van der Waals surface area (Å²) in [5, 5.41) is 4.78. The molecule has 0 unspecified atom stereocenters. The number of furan rings is 1. The molecule has 34 heavy (non-hydrogen) atoms. The van der Waals surface area contributed by atoms with Crippen molar-refractivity contribution in [3.8, 4) is 11.1 Å². The van der Waals surface area contributed by atoms with E-state index in [4.69, 9.17) is 4.42 Å². The first-order valence-electron chi connectivity index (χ1n) is 11.6. The Morgan fingerprint density at radius 3 is 1.97 bits per heavy atom. The van der Waals surface area contributed by atoms with Gasteiger partial charge in [-0.05, 0) is 63.7 Å². The highest BCUT2D eigenvalue weighted by Gasteiger charge is 2.22. The number of benzene rings is 5. The van der Waals surface area contributed by atoms with E-state index >= 15 is 0 Å². The van der Waals surface area contributed by atoms with Gasteiger partial charge in [0.1, 0.15) is 11.2 Å². The fourth-order valence-electron chi connectivity index (χ4n) is 5.60. The monoisotopic (exact) mass is 433 g/mol. The molecular formula is C32H19NO. The maximum absolute atomic E-state index is 6.35. The molecule has 0 aliphatic heterocycles. The van der Waals surface area contributed by atoms with Crippen LogP contribution in [0.15, 0.2) is 108 Å². The van der Waals surface area contributed by atoms with Crippen LogP contribution in [-0.4, -0.2) is 4.98 Å². The highest BCUT2D eigenvalue weighted by Crippen LogP contribution is 2.45. The van der Waals surface area contributed by atoms with E-state index in [2.05, 4.69) is 114 Å². The summed E-state index contributed by atoms with van der Waals surface area (Å²) in [6, 6.07) is 36.7. The number of rotatable bonds is 1. The van der Waals surface area contributed by atoms with Crippen molar-refractivity contribution >= 4 is 55.4 Å². The average Bonchev–Trinajstić information content (AvgIpc) is 3.52. The number of fused-ring (bicyclic) bond motifs is 9. The van der Waals surface area contributed by atoms with E-state index in [1.165, 1.54) is 38.6 Å². The zero-order chi connectivity index (χ0) is 22.2. The van der Waals surface area contributed by atoms with Gasteiger partial charge in [-0.3, -0.25) is 0 Å². The van der Waals surface area contributed by atoms with E-state index < -0.39 is 0 Å². The molecule has 0 radical (unpaired) electrons. The average molecular weight is 434 g/mol. The number of hydrogen-bond acceptors (Lipinski definition) is 1. The van der Waals surface area contributed by atoms with Crippen molar-refractivity contribution in [2.75, 3.05) is 0 Å². The summed E-state index contributed by atoms with van der Waals surface area (Å²) in [4.78, 5) is 3.52. The normalized spacial score (nSPS) is 12.6. The summed E-state index contributed by atoms with van der Waals surface area (Å²) < 4.78 is 6.35. The Hall–Kier alpha value is -4.56. The second-order valence-corrected chi connectivity index (χ2v) is 9.07. The van der Waals surface area contributed by atoms with Gasteiger partial charge in [0.25, 0.3) is 0 Å². The molecule has 158 valence electrons. The number of nitrogens with one attached hydrogen (secondary N) is 1. The number of para-hydroxylation sites is 1. The largest absolute Gasteiger partial charge is 0.456 e. The lowest BCUT2D eigenvalue weighted by Gasteiger charge is -2.03. The number of hydrogen-bond donors (Lipinski definition) is 1. The third kappa shape index (κ3) is 2.40. The quantitative estimate of drug-likeness (QED) is 0.275. The van der Waals surface area contributed by atoms with E-state index in [1.54, 1.807) is 0 Å². The minimum absolute atomic E-state index is 0.912. The smallest absolute Gasteiger partial charge is 0.137 e. The zero-order valence-corrected chi connectivity index (χ0v) is 18.3. The van der Waals surface area contributed by atoms with Gasteiger partial charge >= 0.3 is 0 Å². The minimum Gasteiger partial charge on any atom is -0.456 e. The Morgan fingerprint density at radius 1 is 0.500 bits per heavy atom. The standard InChI is InChI=1S/C32H19NO/c1-3-9-22-20(7-1)21-8-2-4-10-23(21)26(22)15-19-13-14-25-28-17-27-24-11-5-6-12-29(24)33-30(27)18-32(28)34-31(25)16-19/h1-18,33H. The van der Waals surface area contributed by atoms with Gasteiger partial charge in [0.2, 0.25) is 0 Å². The van der Waals surface area contributed by atoms with Crippen molar-refractivity contribution in [1.82, 2.24) is 4.98 Å². The van der Waals surface area contributed by atoms with E-state index in [9.17, 15) is 0 Å². The highest BCUT2D eigenvalue weighted by molar-refractivity contribution is 6.16. The fraction of sp³-hybridized carbons (Fsp3) is 0. The second-order valence-electron chi connectivity index (χ2n) is 9.07. The summed E-state index contributed by atoms with van der Waals surface area (Å²) in [6.45, 7) is 0. The van der Waals surface area contributed by atoms with Crippen LogP contribution >= 0.6 is 0 Å². The van der Waals surface area contributed by atoms with E-state index in [-0.39, 0.29) is 0 Å². The third-order valence-electron chi connectivity index (χ3n) is 7.16. The predicted octanol–water partition coefficient (Wildman–Crippen LogP) is 8.79. The molecule has 1 aliphatic carbocycles. The van der Waals surface area contributed by atoms with Crippen molar-refractivity contribution in [2.24, 2.45) is 0 Å². The topological polar surface area (TPSA) is 28.9 Å². The number of H-pyrrole nitrogens is 1. The molecule has 1 N–H and O–H groups in total. The molecule has 0 saturated carbocycles. The lowest BCUT2D eigenvalue weighted by molar-refractivity contribution is 0.669. The summed E-state index contributed by atoms with van der Waals surface area (Å²) in [5.74, 6) is 0. The van der Waals surface area contributed by atoms with Crippen LogP contribution in [0, 0.1) is 0 Å². The molecule has 8 rings (SSSR count). The first kappa shape index (κ1) is 17.9. The van der Waals surface area contributed by atoms with Crippen LogP contribution < -0.4 is 0 Å². The first-order valence-corrected chi connectivity index (χ1v) is 11.6. The van der Waals surface area contributed by atoms with Crippen molar-refractivity contribution in [3.05, 3.63) is 120 Å². The van der Waals surface area contributed by atoms with Gasteiger partial charge in [0, 0.05) is 33.1 Å². The lowest BCUT2D eigenvalue weighted by atomic mass is 10.0. The minimum atomic E-state index is 0.912. The van der Waals surface area contributed by atoms with Crippen molar-refractivity contribution in [3.63, 3.8) is 0 Å². The molecule has 0 spiro atoms. The SMILES string of the molecule is C(=C1c2ccccc2-c2ccccc21)c1ccc2c(c1)oc1cc3[nH]c4ccccc4c3cc12. The van der Waals surface area contributed by atoms with Gasteiger partial charge < -0.3 is 9.40 Å². The molecule has 2 nitrogen and oxygen atoms in total. The van der Waals surface area contributed by atoms with Crippen LogP contribution in [0.4, 0.5) is 0 Å². The molecule has 2 aromatic heterocycles. The predicted molar refractivity (Wildman–Crippen MR) is 142 cm³/mol. The Labute approximate surface area is 195 Å². The van der Waals surface area contributed by atoms with E-state index in [0.717, 1.165) is 38.5 Å². The van der Waals surface area contributed by atoms with Crippen LogP contribution in [0.5, 0.6) is 0 Å². The number of aromatic nitrogens is 1. The first-order chi connectivity index (χ1) is 16.8. The van der Waals surface area contributed by atoms with Crippen LogP contribution in [0.1, 0.15) is 16.7 Å². The Balaban J connectivity index is 1.33. The molecule has 0 amide bonds. The molecule has 2 heteroatoms. The highest BCUT2D eigenvalue weighted by atomic mass is 16.3. The molecule has 0 fully saturated rings. The molecule has 0 atom stereocenters. The van der Waals surface area contributed by atoms with Gasteiger partial charge in [-0.25, -0.2) is 0 Å². The van der Waals surface area contributed by atoms with Crippen molar-refractivity contribution in [1.29, 1.82) is 0 Å². The Bertz CT molecular complexity index is 1920. The zero-order valence-electron chi connectivity index (χ0n) is 18.3. The van der Waals surface area contributed by atoms with Gasteiger partial charge in [-0.15, -0.1) is 0 Å². The molecule has 7 aromatic rings. The van der Waals surface area contributed by atoms with Crippen LogP contribution in [0.2, 0.25) is 0 Å². The van der Waals surface area contributed by atoms with Gasteiger partial charge in [-0.2, -0.15) is 0 Å². The summed E-state index contributed by atoms with van der Waals surface area (Å²) in [5.41, 5.74) is 11.7. The summed E-state index contributed by atoms with van der Waals surface area (Å²) in [6.07, 6.45) is 2.29. The van der Waals surface area contributed by atoms with Crippen LogP contribution in [0.25, 0.3) is 66.5 Å². The molecule has 2 heterocycles. The molecule has 0 saturated heterocycles. The molecular weight excluding hydrogens is 414 g/mol. The fourth-order valence-corrected chi connectivity index (χ4v) is 5.60. The van der Waals surface area contributed by atoms with Crippen LogP contribution in [-0.2, 0) is 0 Å². The second kappa shape index (κ2) is 6.49. The Kier molecular flexibility index (Phi) is 3.42. The van der Waals surface area contributed by atoms with E-state index in [1.807, 2.05) is 0 Å². The van der Waals surface area contributed by atoms with Crippen molar-refractivity contribution < 1.29 is 4.42 Å². The third-order valence-corrected chi connectivity index (χ3v) is 7.16. The van der Waals surface area contributed by atoms with Gasteiger partial charge in [0.15, 0.2) is 0 Å². The molecule has 5 aromatic carbocycles. The summed E-state index contributed by atoms with van der Waals surface area (Å²) in [7, 11) is 0. The van der Waals surface area contributed by atoms with Crippen molar-refractivity contribution in [2.45, 2.75) is 0 Å². The maximum Gasteiger partial charge on any atom is 0.137 e. The lowest BCUT2D eigenvalue weighted by Crippen LogP contribution is -1.82. The Morgan fingerprint density at radius 2 is 1.18 bits per heavy atom. The molecule has 1 aliphatic rings. The van der Waals surface area contributed by atoms with Gasteiger partial charge in [-0.1, -0.05) is 72.8 Å². The number of aromatic amines is 1. The maximum atomic E-state index is 6.35. The van der Waals surface area contributed by atoms with E-state index in [0.29, 0.717) is 0 Å². The van der Waals surface area contributed by atoms with Crippen LogP contribution in [0.3, 0.4) is 0 Å².